The summed E-state index contributed by atoms with van der Waals surface area (Å²) in [5.74, 6) is 1.71. The molecule has 3 atom stereocenters. The van der Waals surface area contributed by atoms with Crippen LogP contribution in [0.25, 0.3) is 0 Å². The molecular weight excluding hydrogens is 214 g/mol. The predicted molar refractivity (Wildman–Crippen MR) is 71.9 cm³/mol. The summed E-state index contributed by atoms with van der Waals surface area (Å²) in [5.41, 5.74) is 0. The van der Waals surface area contributed by atoms with Gasteiger partial charge in [-0.1, -0.05) is 26.7 Å². The van der Waals surface area contributed by atoms with Crippen LogP contribution in [0, 0.1) is 18.8 Å². The van der Waals surface area contributed by atoms with E-state index < -0.39 is 0 Å². The van der Waals surface area contributed by atoms with Gasteiger partial charge in [0, 0.05) is 22.3 Å². The predicted octanol–water partition coefficient (Wildman–Crippen LogP) is 3.97. The monoisotopic (exact) mass is 237 g/mol. The topological polar surface area (TPSA) is 12.0 Å². The summed E-state index contributed by atoms with van der Waals surface area (Å²) in [6.45, 7) is 8.04. The van der Waals surface area contributed by atoms with Gasteiger partial charge in [-0.15, -0.1) is 11.3 Å². The van der Waals surface area contributed by atoms with Crippen molar-refractivity contribution in [3.05, 3.63) is 21.9 Å². The molecule has 1 nitrogen and oxygen atoms in total. The van der Waals surface area contributed by atoms with E-state index in [0.717, 1.165) is 24.4 Å². The molecule has 1 aliphatic rings. The van der Waals surface area contributed by atoms with Gasteiger partial charge >= 0.3 is 0 Å². The van der Waals surface area contributed by atoms with E-state index in [9.17, 15) is 0 Å². The van der Waals surface area contributed by atoms with Crippen LogP contribution in [0.4, 0.5) is 0 Å². The first-order chi connectivity index (χ1) is 7.66. The maximum Gasteiger partial charge on any atom is 0.0302 e. The van der Waals surface area contributed by atoms with Crippen LogP contribution >= 0.6 is 11.3 Å². The molecule has 0 amide bonds. The maximum atomic E-state index is 3.74. The van der Waals surface area contributed by atoms with Gasteiger partial charge in [0.15, 0.2) is 0 Å². The second kappa shape index (κ2) is 5.33. The lowest BCUT2D eigenvalue weighted by atomic mass is 9.78. The highest BCUT2D eigenvalue weighted by Gasteiger charge is 2.26. The van der Waals surface area contributed by atoms with Gasteiger partial charge in [0.05, 0.1) is 0 Å². The fourth-order valence-corrected chi connectivity index (χ4v) is 3.52. The van der Waals surface area contributed by atoms with E-state index >= 15 is 0 Å². The van der Waals surface area contributed by atoms with Crippen molar-refractivity contribution in [2.24, 2.45) is 11.8 Å². The molecule has 0 spiro atoms. The van der Waals surface area contributed by atoms with Gasteiger partial charge in [-0.2, -0.15) is 0 Å². The molecule has 2 rings (SSSR count). The lowest BCUT2D eigenvalue weighted by molar-refractivity contribution is 0.206. The molecule has 1 N–H and O–H groups in total. The normalized spacial score (nSPS) is 30.6. The lowest BCUT2D eigenvalue weighted by Crippen LogP contribution is -2.40. The number of aryl methyl sites for hydroxylation is 1. The first-order valence-corrected chi connectivity index (χ1v) is 7.27. The smallest absolute Gasteiger partial charge is 0.0302 e. The zero-order chi connectivity index (χ0) is 11.5. The molecule has 1 saturated carbocycles. The summed E-state index contributed by atoms with van der Waals surface area (Å²) >= 11 is 1.92. The number of hydrogen-bond acceptors (Lipinski definition) is 2. The van der Waals surface area contributed by atoms with Crippen molar-refractivity contribution in [1.82, 2.24) is 5.32 Å². The van der Waals surface area contributed by atoms with Crippen molar-refractivity contribution < 1.29 is 0 Å². The number of nitrogens with one attached hydrogen (secondary N) is 1. The van der Waals surface area contributed by atoms with E-state index in [0.29, 0.717) is 0 Å². The third-order valence-corrected chi connectivity index (χ3v) is 5.04. The number of thiophene rings is 1. The Hall–Kier alpha value is -0.340. The molecule has 0 aliphatic heterocycles. The van der Waals surface area contributed by atoms with Crippen LogP contribution in [0.15, 0.2) is 12.1 Å². The second-order valence-electron chi connectivity index (χ2n) is 5.27. The highest BCUT2D eigenvalue weighted by atomic mass is 32.1. The minimum Gasteiger partial charge on any atom is -0.309 e. The van der Waals surface area contributed by atoms with Gasteiger partial charge in [-0.05, 0) is 37.3 Å². The third kappa shape index (κ3) is 2.86. The van der Waals surface area contributed by atoms with Crippen LogP contribution in [0.1, 0.15) is 42.9 Å². The van der Waals surface area contributed by atoms with Crippen molar-refractivity contribution in [3.63, 3.8) is 0 Å². The first-order valence-electron chi connectivity index (χ1n) is 6.45. The molecule has 2 heteroatoms. The summed E-state index contributed by atoms with van der Waals surface area (Å²) in [6, 6.07) is 5.20. The van der Waals surface area contributed by atoms with E-state index in [1.165, 1.54) is 29.0 Å². The molecule has 1 aliphatic carbocycles. The Morgan fingerprint density at radius 1 is 1.31 bits per heavy atom. The lowest BCUT2D eigenvalue weighted by Gasteiger charge is -2.34. The molecule has 0 unspecified atom stereocenters. The number of hydrogen-bond donors (Lipinski definition) is 1. The highest BCUT2D eigenvalue weighted by molar-refractivity contribution is 7.11. The summed E-state index contributed by atoms with van der Waals surface area (Å²) in [5, 5.41) is 3.74. The van der Waals surface area contributed by atoms with Crippen LogP contribution < -0.4 is 5.32 Å². The average molecular weight is 237 g/mol. The van der Waals surface area contributed by atoms with Crippen LogP contribution in [0.3, 0.4) is 0 Å². The van der Waals surface area contributed by atoms with Gasteiger partial charge < -0.3 is 5.32 Å². The molecule has 90 valence electrons. The largest absolute Gasteiger partial charge is 0.309 e. The molecule has 0 saturated heterocycles. The zero-order valence-corrected chi connectivity index (χ0v) is 11.4. The minimum atomic E-state index is 0.728. The molecule has 1 aromatic rings. The molecule has 0 aromatic carbocycles. The average Bonchev–Trinajstić information content (AvgIpc) is 2.67. The zero-order valence-electron chi connectivity index (χ0n) is 10.6. The fourth-order valence-electron chi connectivity index (χ4n) is 2.68. The second-order valence-corrected chi connectivity index (χ2v) is 6.64. The van der Waals surface area contributed by atoms with E-state index in [4.69, 9.17) is 0 Å². The maximum absolute atomic E-state index is 3.74. The molecule has 0 bridgehead atoms. The van der Waals surface area contributed by atoms with Gasteiger partial charge in [-0.25, -0.2) is 0 Å². The Balaban J connectivity index is 1.85. The third-order valence-electron chi connectivity index (χ3n) is 4.04. The SMILES string of the molecule is Cc1ccc(CN[C@H]2CCC[C@@H](C)[C@@H]2C)s1. The first kappa shape index (κ1) is 12.1. The highest BCUT2D eigenvalue weighted by Crippen LogP contribution is 2.29. The van der Waals surface area contributed by atoms with Crippen LogP contribution in [0.2, 0.25) is 0 Å². The molecule has 0 radical (unpaired) electrons. The minimum absolute atomic E-state index is 0.728. The Morgan fingerprint density at radius 3 is 2.81 bits per heavy atom. The van der Waals surface area contributed by atoms with E-state index in [1.807, 2.05) is 11.3 Å². The van der Waals surface area contributed by atoms with E-state index in [2.05, 4.69) is 38.2 Å². The number of rotatable bonds is 3. The van der Waals surface area contributed by atoms with Crippen molar-refractivity contribution in [2.45, 2.75) is 52.6 Å². The quantitative estimate of drug-likeness (QED) is 0.838. The van der Waals surface area contributed by atoms with Crippen LogP contribution in [-0.2, 0) is 6.54 Å². The van der Waals surface area contributed by atoms with Crippen molar-refractivity contribution >= 4 is 11.3 Å². The fraction of sp³-hybridized carbons (Fsp3) is 0.714. The Labute approximate surface area is 103 Å². The summed E-state index contributed by atoms with van der Waals surface area (Å²) in [4.78, 5) is 2.89. The molecular formula is C14H23NS. The van der Waals surface area contributed by atoms with Gasteiger partial charge in [0.2, 0.25) is 0 Å². The van der Waals surface area contributed by atoms with Gasteiger partial charge in [-0.3, -0.25) is 0 Å². The van der Waals surface area contributed by atoms with E-state index in [1.54, 1.807) is 0 Å². The molecule has 1 heterocycles. The van der Waals surface area contributed by atoms with E-state index in [-0.39, 0.29) is 0 Å². The summed E-state index contributed by atoms with van der Waals surface area (Å²) < 4.78 is 0. The van der Waals surface area contributed by atoms with Gasteiger partial charge in [0.25, 0.3) is 0 Å². The molecule has 1 aromatic heterocycles. The van der Waals surface area contributed by atoms with Gasteiger partial charge in [0.1, 0.15) is 0 Å². The van der Waals surface area contributed by atoms with Crippen molar-refractivity contribution in [3.8, 4) is 0 Å². The standard InChI is InChI=1S/C14H23NS/c1-10-5-4-6-14(12(10)3)15-9-13-8-7-11(2)16-13/h7-8,10,12,14-15H,4-6,9H2,1-3H3/t10-,12+,14+/m1/s1. The summed E-state index contributed by atoms with van der Waals surface area (Å²) in [7, 11) is 0. The van der Waals surface area contributed by atoms with Crippen LogP contribution in [0.5, 0.6) is 0 Å². The Bertz CT molecular complexity index is 331. The Morgan fingerprint density at radius 2 is 2.12 bits per heavy atom. The molecule has 1 fully saturated rings. The summed E-state index contributed by atoms with van der Waals surface area (Å²) in [6.07, 6.45) is 4.17. The van der Waals surface area contributed by atoms with Crippen LogP contribution in [-0.4, -0.2) is 6.04 Å². The molecule has 16 heavy (non-hydrogen) atoms. The Kier molecular flexibility index (Phi) is 4.04. The van der Waals surface area contributed by atoms with Crippen molar-refractivity contribution in [1.29, 1.82) is 0 Å². The van der Waals surface area contributed by atoms with Crippen molar-refractivity contribution in [2.75, 3.05) is 0 Å².